The fourth-order valence-corrected chi connectivity index (χ4v) is 2.21. The third kappa shape index (κ3) is 4.41. The maximum Gasteiger partial charge on any atom is 0.247 e. The lowest BCUT2D eigenvalue weighted by molar-refractivity contribution is 0.741. The van der Waals surface area contributed by atoms with Crippen molar-refractivity contribution in [1.82, 2.24) is 15.2 Å². The van der Waals surface area contributed by atoms with E-state index in [-0.39, 0.29) is 0 Å². The van der Waals surface area contributed by atoms with Gasteiger partial charge in [0.2, 0.25) is 5.95 Å². The summed E-state index contributed by atoms with van der Waals surface area (Å²) >= 11 is 0. The van der Waals surface area contributed by atoms with Crippen LogP contribution < -0.4 is 10.2 Å². The Kier molecular flexibility index (Phi) is 5.09. The molecule has 0 amide bonds. The van der Waals surface area contributed by atoms with E-state index in [2.05, 4.69) is 59.5 Å². The molecule has 0 saturated carbocycles. The largest absolute Gasteiger partial charge is 0.343 e. The van der Waals surface area contributed by atoms with Gasteiger partial charge < -0.3 is 10.2 Å². The smallest absolute Gasteiger partial charge is 0.247 e. The average Bonchev–Trinajstić information content (AvgIpc) is 2.44. The number of hydrogen-bond acceptors (Lipinski definition) is 5. The van der Waals surface area contributed by atoms with E-state index in [4.69, 9.17) is 0 Å². The minimum Gasteiger partial charge on any atom is -0.343 e. The van der Waals surface area contributed by atoms with Gasteiger partial charge in [0.05, 0.1) is 6.20 Å². The van der Waals surface area contributed by atoms with E-state index in [0.29, 0.717) is 11.8 Å². The van der Waals surface area contributed by atoms with E-state index in [9.17, 15) is 0 Å². The summed E-state index contributed by atoms with van der Waals surface area (Å²) in [5.74, 6) is 1.37. The van der Waals surface area contributed by atoms with E-state index in [0.717, 1.165) is 25.1 Å². The van der Waals surface area contributed by atoms with Crippen LogP contribution in [0.4, 0.5) is 17.5 Å². The highest BCUT2D eigenvalue weighted by Crippen LogP contribution is 2.18. The summed E-state index contributed by atoms with van der Waals surface area (Å²) in [4.78, 5) is 6.55. The number of nitrogens with zero attached hydrogens (tertiary/aromatic N) is 4. The number of benzene rings is 1. The normalized spacial score (nSPS) is 10.5. The van der Waals surface area contributed by atoms with Crippen molar-refractivity contribution < 1.29 is 0 Å². The van der Waals surface area contributed by atoms with Crippen molar-refractivity contribution in [1.29, 1.82) is 0 Å². The van der Waals surface area contributed by atoms with E-state index in [1.54, 1.807) is 6.20 Å². The Morgan fingerprint density at radius 2 is 1.86 bits per heavy atom. The first-order valence-corrected chi connectivity index (χ1v) is 7.34. The fraction of sp³-hybridized carbons (Fsp3) is 0.438. The number of unbranched alkanes of at least 4 members (excludes halogenated alkanes) is 1. The van der Waals surface area contributed by atoms with Crippen LogP contribution in [0.2, 0.25) is 0 Å². The molecule has 21 heavy (non-hydrogen) atoms. The highest BCUT2D eigenvalue weighted by molar-refractivity contribution is 5.58. The molecule has 1 N–H and O–H groups in total. The van der Waals surface area contributed by atoms with Crippen LogP contribution in [-0.4, -0.2) is 28.8 Å². The van der Waals surface area contributed by atoms with Crippen molar-refractivity contribution >= 4 is 17.5 Å². The van der Waals surface area contributed by atoms with Gasteiger partial charge in [-0.1, -0.05) is 19.4 Å². The van der Waals surface area contributed by atoms with Gasteiger partial charge in [-0.25, -0.2) is 0 Å². The zero-order chi connectivity index (χ0) is 15.2. The average molecular weight is 285 g/mol. The van der Waals surface area contributed by atoms with Crippen molar-refractivity contribution in [2.45, 2.75) is 33.6 Å². The molecule has 1 aromatic carbocycles. The van der Waals surface area contributed by atoms with Crippen molar-refractivity contribution in [2.24, 2.45) is 0 Å². The molecular formula is C16H23N5. The lowest BCUT2D eigenvalue weighted by Gasteiger charge is -2.16. The second kappa shape index (κ2) is 7.02. The summed E-state index contributed by atoms with van der Waals surface area (Å²) in [6.07, 6.45) is 3.92. The van der Waals surface area contributed by atoms with Crippen LogP contribution in [0.25, 0.3) is 0 Å². The van der Waals surface area contributed by atoms with Gasteiger partial charge in [-0.2, -0.15) is 10.1 Å². The molecule has 0 aliphatic rings. The standard InChI is InChI=1S/C16H23N5/c1-5-6-7-21(4)16-19-15(11-17-20-16)18-14-9-12(2)8-13(3)10-14/h8-11H,5-7H2,1-4H3,(H,18,19,20). The van der Waals surface area contributed by atoms with Crippen LogP contribution in [0.1, 0.15) is 30.9 Å². The number of anilines is 3. The van der Waals surface area contributed by atoms with Crippen molar-refractivity contribution in [3.05, 3.63) is 35.5 Å². The summed E-state index contributed by atoms with van der Waals surface area (Å²) in [5, 5.41) is 11.4. The maximum absolute atomic E-state index is 4.52. The van der Waals surface area contributed by atoms with Gasteiger partial charge in [0.25, 0.3) is 0 Å². The molecule has 2 aromatic rings. The highest BCUT2D eigenvalue weighted by atomic mass is 15.3. The molecular weight excluding hydrogens is 262 g/mol. The van der Waals surface area contributed by atoms with Crippen molar-refractivity contribution in [3.8, 4) is 0 Å². The summed E-state index contributed by atoms with van der Waals surface area (Å²) < 4.78 is 0. The van der Waals surface area contributed by atoms with Crippen LogP contribution in [0.15, 0.2) is 24.4 Å². The van der Waals surface area contributed by atoms with Gasteiger partial charge in [0.15, 0.2) is 5.82 Å². The molecule has 0 saturated heterocycles. The van der Waals surface area contributed by atoms with Gasteiger partial charge in [0.1, 0.15) is 0 Å². The van der Waals surface area contributed by atoms with Crippen LogP contribution in [-0.2, 0) is 0 Å². The Labute approximate surface area is 126 Å². The summed E-state index contributed by atoms with van der Waals surface area (Å²) in [6, 6.07) is 6.33. The SMILES string of the molecule is CCCCN(C)c1nncc(Nc2cc(C)cc(C)c2)n1. The highest BCUT2D eigenvalue weighted by Gasteiger charge is 2.06. The van der Waals surface area contributed by atoms with E-state index < -0.39 is 0 Å². The number of rotatable bonds is 6. The molecule has 0 atom stereocenters. The van der Waals surface area contributed by atoms with Gasteiger partial charge in [0, 0.05) is 19.3 Å². The van der Waals surface area contributed by atoms with Gasteiger partial charge >= 0.3 is 0 Å². The number of nitrogens with one attached hydrogen (secondary N) is 1. The molecule has 5 heteroatoms. The third-order valence-electron chi connectivity index (χ3n) is 3.23. The topological polar surface area (TPSA) is 53.9 Å². The molecule has 0 fully saturated rings. The first kappa shape index (κ1) is 15.2. The van der Waals surface area contributed by atoms with Crippen molar-refractivity contribution in [3.63, 3.8) is 0 Å². The first-order valence-electron chi connectivity index (χ1n) is 7.34. The molecule has 1 heterocycles. The van der Waals surface area contributed by atoms with Crippen LogP contribution in [0.5, 0.6) is 0 Å². The summed E-state index contributed by atoms with van der Waals surface area (Å²) in [5.41, 5.74) is 3.47. The molecule has 1 aromatic heterocycles. The number of hydrogen-bond donors (Lipinski definition) is 1. The summed E-state index contributed by atoms with van der Waals surface area (Å²) in [6.45, 7) is 7.27. The predicted molar refractivity (Wildman–Crippen MR) is 87.2 cm³/mol. The Hall–Kier alpha value is -2.17. The quantitative estimate of drug-likeness (QED) is 0.880. The van der Waals surface area contributed by atoms with Crippen molar-refractivity contribution in [2.75, 3.05) is 23.8 Å². The molecule has 0 unspecified atom stereocenters. The molecule has 0 aliphatic carbocycles. The van der Waals surface area contributed by atoms with Gasteiger partial charge in [-0.05, 0) is 43.5 Å². The lowest BCUT2D eigenvalue weighted by Crippen LogP contribution is -2.21. The maximum atomic E-state index is 4.52. The minimum absolute atomic E-state index is 0.651. The first-order chi connectivity index (χ1) is 10.1. The second-order valence-corrected chi connectivity index (χ2v) is 5.42. The van der Waals surface area contributed by atoms with E-state index in [1.807, 2.05) is 11.9 Å². The zero-order valence-corrected chi connectivity index (χ0v) is 13.2. The Balaban J connectivity index is 2.13. The van der Waals surface area contributed by atoms with Crippen LogP contribution in [0.3, 0.4) is 0 Å². The molecule has 112 valence electrons. The fourth-order valence-electron chi connectivity index (χ4n) is 2.21. The molecule has 0 bridgehead atoms. The predicted octanol–water partition coefficient (Wildman–Crippen LogP) is 3.47. The van der Waals surface area contributed by atoms with E-state index in [1.165, 1.54) is 11.1 Å². The number of aromatic nitrogens is 3. The number of aryl methyl sites for hydroxylation is 2. The van der Waals surface area contributed by atoms with Crippen LogP contribution >= 0.6 is 0 Å². The molecule has 0 aliphatic heterocycles. The molecule has 2 rings (SSSR count). The van der Waals surface area contributed by atoms with Gasteiger partial charge in [-0.3, -0.25) is 0 Å². The molecule has 5 nitrogen and oxygen atoms in total. The third-order valence-corrected chi connectivity index (χ3v) is 3.23. The van der Waals surface area contributed by atoms with E-state index >= 15 is 0 Å². The lowest BCUT2D eigenvalue weighted by atomic mass is 10.1. The molecule has 0 radical (unpaired) electrons. The monoisotopic (exact) mass is 285 g/mol. The molecule has 0 spiro atoms. The second-order valence-electron chi connectivity index (χ2n) is 5.42. The summed E-state index contributed by atoms with van der Waals surface area (Å²) in [7, 11) is 1.99. The Morgan fingerprint density at radius 3 is 2.52 bits per heavy atom. The minimum atomic E-state index is 0.651. The van der Waals surface area contributed by atoms with Crippen LogP contribution in [0, 0.1) is 13.8 Å². The Bertz CT molecular complexity index is 577. The zero-order valence-electron chi connectivity index (χ0n) is 13.2. The van der Waals surface area contributed by atoms with Gasteiger partial charge in [-0.15, -0.1) is 5.10 Å². The Morgan fingerprint density at radius 1 is 1.14 bits per heavy atom.